The molecule has 1 aliphatic heterocycles. The SMILES string of the molecule is CC(C)[C@H](NC(=O)c1ccccc1F)C(=O)N1CCC[C@H](c2ccnc(N)n2)C1. The number of anilines is 1. The van der Waals surface area contributed by atoms with Crippen molar-refractivity contribution in [3.63, 3.8) is 0 Å². The molecule has 7 nitrogen and oxygen atoms in total. The van der Waals surface area contributed by atoms with E-state index in [1.54, 1.807) is 17.2 Å². The maximum Gasteiger partial charge on any atom is 0.254 e. The Bertz CT molecular complexity index is 889. The van der Waals surface area contributed by atoms with Gasteiger partial charge in [0.15, 0.2) is 0 Å². The standard InChI is InChI=1S/C21H26FN5O2/c1-13(2)18(26-19(28)15-7-3-4-8-16(15)22)20(29)27-11-5-6-14(12-27)17-9-10-24-21(23)25-17/h3-4,7-10,13-14,18H,5-6,11-12H2,1-2H3,(H,26,28)(H2,23,24,25)/t14-,18-/m0/s1. The third-order valence-electron chi connectivity index (χ3n) is 5.18. The number of carbonyl (C=O) groups excluding carboxylic acids is 2. The number of aromatic nitrogens is 2. The number of halogens is 1. The lowest BCUT2D eigenvalue weighted by Gasteiger charge is -2.36. The largest absolute Gasteiger partial charge is 0.368 e. The van der Waals surface area contributed by atoms with Gasteiger partial charge >= 0.3 is 0 Å². The van der Waals surface area contributed by atoms with Crippen LogP contribution in [0.2, 0.25) is 0 Å². The molecule has 2 heterocycles. The number of nitrogens with one attached hydrogen (secondary N) is 1. The van der Waals surface area contributed by atoms with E-state index in [0.29, 0.717) is 13.1 Å². The molecule has 2 atom stereocenters. The lowest BCUT2D eigenvalue weighted by atomic mass is 9.93. The second kappa shape index (κ2) is 8.98. The minimum Gasteiger partial charge on any atom is -0.368 e. The van der Waals surface area contributed by atoms with Crippen molar-refractivity contribution in [3.8, 4) is 0 Å². The Hall–Kier alpha value is -3.03. The molecule has 0 saturated carbocycles. The minimum absolute atomic E-state index is 0.0630. The van der Waals surface area contributed by atoms with Crippen LogP contribution in [0.4, 0.5) is 10.3 Å². The summed E-state index contributed by atoms with van der Waals surface area (Å²) in [7, 11) is 0. The number of piperidine rings is 1. The first-order valence-corrected chi connectivity index (χ1v) is 9.79. The van der Waals surface area contributed by atoms with Crippen molar-refractivity contribution in [1.82, 2.24) is 20.2 Å². The number of likely N-dealkylation sites (tertiary alicyclic amines) is 1. The lowest BCUT2D eigenvalue weighted by Crippen LogP contribution is -2.53. The number of rotatable bonds is 5. The Morgan fingerprint density at radius 3 is 2.72 bits per heavy atom. The minimum atomic E-state index is -0.740. The quantitative estimate of drug-likeness (QED) is 0.804. The normalized spacial score (nSPS) is 17.8. The van der Waals surface area contributed by atoms with Crippen LogP contribution in [0.25, 0.3) is 0 Å². The zero-order valence-corrected chi connectivity index (χ0v) is 16.6. The Balaban J connectivity index is 1.73. The predicted molar refractivity (Wildman–Crippen MR) is 107 cm³/mol. The zero-order chi connectivity index (χ0) is 21.0. The first kappa shape index (κ1) is 20.7. The number of nitrogens with two attached hydrogens (primary N) is 1. The van der Waals surface area contributed by atoms with Gasteiger partial charge in [-0.2, -0.15) is 0 Å². The van der Waals surface area contributed by atoms with E-state index in [1.807, 2.05) is 19.9 Å². The Labute approximate surface area is 169 Å². The number of hydrogen-bond acceptors (Lipinski definition) is 5. The summed E-state index contributed by atoms with van der Waals surface area (Å²) < 4.78 is 13.9. The van der Waals surface area contributed by atoms with Crippen molar-refractivity contribution in [1.29, 1.82) is 0 Å². The topological polar surface area (TPSA) is 101 Å². The number of benzene rings is 1. The van der Waals surface area contributed by atoms with Gasteiger partial charge in [-0.3, -0.25) is 9.59 Å². The third-order valence-corrected chi connectivity index (χ3v) is 5.18. The summed E-state index contributed by atoms with van der Waals surface area (Å²) >= 11 is 0. The molecule has 2 amide bonds. The van der Waals surface area contributed by atoms with Gasteiger partial charge in [-0.1, -0.05) is 26.0 Å². The molecule has 1 aliphatic rings. The molecule has 0 aliphatic carbocycles. The maximum absolute atomic E-state index is 13.9. The van der Waals surface area contributed by atoms with Crippen LogP contribution >= 0.6 is 0 Å². The van der Waals surface area contributed by atoms with Gasteiger partial charge in [-0.15, -0.1) is 0 Å². The van der Waals surface area contributed by atoms with Crippen LogP contribution in [-0.2, 0) is 4.79 Å². The number of nitrogen functional groups attached to an aromatic ring is 1. The van der Waals surface area contributed by atoms with Crippen LogP contribution in [0.3, 0.4) is 0 Å². The zero-order valence-electron chi connectivity index (χ0n) is 16.6. The van der Waals surface area contributed by atoms with Gasteiger partial charge in [0.1, 0.15) is 11.9 Å². The molecule has 0 unspecified atom stereocenters. The highest BCUT2D eigenvalue weighted by Gasteiger charge is 2.33. The summed E-state index contributed by atoms with van der Waals surface area (Å²) in [6, 6.07) is 6.82. The van der Waals surface area contributed by atoms with Crippen LogP contribution in [-0.4, -0.2) is 45.8 Å². The summed E-state index contributed by atoms with van der Waals surface area (Å²) in [6.07, 6.45) is 3.34. The summed E-state index contributed by atoms with van der Waals surface area (Å²) in [6.45, 7) is 4.82. The van der Waals surface area contributed by atoms with Gasteiger partial charge in [0.05, 0.1) is 11.3 Å². The molecule has 2 aromatic rings. The molecule has 1 saturated heterocycles. The highest BCUT2D eigenvalue weighted by atomic mass is 19.1. The molecule has 1 aromatic heterocycles. The van der Waals surface area contributed by atoms with Crippen molar-refractivity contribution in [2.75, 3.05) is 18.8 Å². The van der Waals surface area contributed by atoms with Gasteiger partial charge in [0.2, 0.25) is 11.9 Å². The number of carbonyl (C=O) groups is 2. The molecule has 0 radical (unpaired) electrons. The predicted octanol–water partition coefficient (Wildman–Crippen LogP) is 2.36. The van der Waals surface area contributed by atoms with Crippen molar-refractivity contribution >= 4 is 17.8 Å². The molecule has 154 valence electrons. The summed E-state index contributed by atoms with van der Waals surface area (Å²) in [5.74, 6) is -1.24. The fourth-order valence-corrected chi connectivity index (χ4v) is 3.61. The van der Waals surface area contributed by atoms with Gasteiger partial charge in [-0.25, -0.2) is 14.4 Å². The summed E-state index contributed by atoms with van der Waals surface area (Å²) in [5, 5.41) is 2.72. The van der Waals surface area contributed by atoms with Gasteiger partial charge < -0.3 is 16.0 Å². The number of nitrogens with zero attached hydrogens (tertiary/aromatic N) is 3. The molecular formula is C21H26FN5O2. The molecule has 0 spiro atoms. The molecule has 29 heavy (non-hydrogen) atoms. The van der Waals surface area contributed by atoms with E-state index < -0.39 is 17.8 Å². The van der Waals surface area contributed by atoms with Crippen LogP contribution in [0.15, 0.2) is 36.5 Å². The first-order valence-electron chi connectivity index (χ1n) is 9.79. The Morgan fingerprint density at radius 2 is 2.03 bits per heavy atom. The fraction of sp³-hybridized carbons (Fsp3) is 0.429. The van der Waals surface area contributed by atoms with E-state index in [-0.39, 0.29) is 29.3 Å². The van der Waals surface area contributed by atoms with Crippen molar-refractivity contribution in [2.24, 2.45) is 5.92 Å². The number of hydrogen-bond donors (Lipinski definition) is 2. The molecule has 1 fully saturated rings. The van der Waals surface area contributed by atoms with Crippen LogP contribution in [0.1, 0.15) is 48.7 Å². The van der Waals surface area contributed by atoms with Gasteiger partial charge in [0, 0.05) is 25.2 Å². The third kappa shape index (κ3) is 4.88. The molecule has 8 heteroatoms. The Morgan fingerprint density at radius 1 is 1.28 bits per heavy atom. The van der Waals surface area contributed by atoms with Crippen molar-refractivity contribution in [3.05, 3.63) is 53.6 Å². The van der Waals surface area contributed by atoms with Gasteiger partial charge in [-0.05, 0) is 37.0 Å². The van der Waals surface area contributed by atoms with Crippen molar-refractivity contribution < 1.29 is 14.0 Å². The van der Waals surface area contributed by atoms with E-state index >= 15 is 0 Å². The van der Waals surface area contributed by atoms with Gasteiger partial charge in [0.25, 0.3) is 5.91 Å². The number of amides is 2. The molecule has 0 bridgehead atoms. The second-order valence-electron chi connectivity index (χ2n) is 7.64. The van der Waals surface area contributed by atoms with Crippen LogP contribution in [0.5, 0.6) is 0 Å². The first-order chi connectivity index (χ1) is 13.9. The molecular weight excluding hydrogens is 373 g/mol. The summed E-state index contributed by atoms with van der Waals surface area (Å²) in [4.78, 5) is 35.7. The monoisotopic (exact) mass is 399 g/mol. The second-order valence-corrected chi connectivity index (χ2v) is 7.64. The van der Waals surface area contributed by atoms with Crippen LogP contribution < -0.4 is 11.1 Å². The maximum atomic E-state index is 13.9. The van der Waals surface area contributed by atoms with E-state index in [0.717, 1.165) is 18.5 Å². The van der Waals surface area contributed by atoms with E-state index in [2.05, 4.69) is 15.3 Å². The van der Waals surface area contributed by atoms with E-state index in [4.69, 9.17) is 5.73 Å². The highest BCUT2D eigenvalue weighted by Crippen LogP contribution is 2.26. The fourth-order valence-electron chi connectivity index (χ4n) is 3.61. The smallest absolute Gasteiger partial charge is 0.254 e. The van der Waals surface area contributed by atoms with Crippen molar-refractivity contribution in [2.45, 2.75) is 38.6 Å². The molecule has 3 rings (SSSR count). The lowest BCUT2D eigenvalue weighted by molar-refractivity contribution is -0.135. The average Bonchev–Trinajstić information content (AvgIpc) is 2.71. The molecule has 1 aromatic carbocycles. The van der Waals surface area contributed by atoms with E-state index in [9.17, 15) is 14.0 Å². The van der Waals surface area contributed by atoms with E-state index in [1.165, 1.54) is 18.2 Å². The molecule has 3 N–H and O–H groups in total. The Kier molecular flexibility index (Phi) is 6.41. The summed E-state index contributed by atoms with van der Waals surface area (Å²) in [5.41, 5.74) is 6.43. The average molecular weight is 399 g/mol. The highest BCUT2D eigenvalue weighted by molar-refractivity contribution is 5.97. The van der Waals surface area contributed by atoms with Crippen LogP contribution in [0, 0.1) is 11.7 Å².